The molecule has 6 aromatic carbocycles. The average molecular weight is 924 g/mol. The van der Waals surface area contributed by atoms with Crippen LogP contribution in [0, 0.1) is 13.8 Å². The SMILES string of the molecule is Cc1ccc(B2OB(c3ccc(C(F)(F)F)cc3)OB(c3ccc(C(F)(F)F)cc3)O2)cc1.Cc1cccc(B2OB(c3cccc(C(F)(F)F)c3)OB(c3cccc(C(F)(F)F)c3)O2)c1. The molecule has 24 heteroatoms. The van der Waals surface area contributed by atoms with Crippen molar-refractivity contribution in [2.75, 3.05) is 0 Å². The van der Waals surface area contributed by atoms with Crippen LogP contribution in [0.1, 0.15) is 33.4 Å². The van der Waals surface area contributed by atoms with Crippen LogP contribution in [0.3, 0.4) is 0 Å². The number of aryl methyl sites for hydroxylation is 2. The van der Waals surface area contributed by atoms with E-state index in [9.17, 15) is 52.7 Å². The zero-order valence-electron chi connectivity index (χ0n) is 34.3. The maximum absolute atomic E-state index is 13.2. The molecule has 0 aliphatic carbocycles. The molecule has 0 amide bonds. The van der Waals surface area contributed by atoms with E-state index in [0.29, 0.717) is 21.9 Å². The molecule has 6 nitrogen and oxygen atoms in total. The Labute approximate surface area is 372 Å². The molecule has 2 fully saturated rings. The Morgan fingerprint density at radius 2 is 0.545 bits per heavy atom. The van der Waals surface area contributed by atoms with Crippen LogP contribution < -0.4 is 32.8 Å². The van der Waals surface area contributed by atoms with Crippen molar-refractivity contribution in [2.45, 2.75) is 38.6 Å². The van der Waals surface area contributed by atoms with E-state index in [1.165, 1.54) is 48.5 Å². The lowest BCUT2D eigenvalue weighted by molar-refractivity contribution is -0.138. The molecule has 66 heavy (non-hydrogen) atoms. The summed E-state index contributed by atoms with van der Waals surface area (Å²) in [6.45, 7) is 3.73. The quantitative estimate of drug-likeness (QED) is 0.131. The van der Waals surface area contributed by atoms with Crippen molar-refractivity contribution < 1.29 is 80.1 Å². The van der Waals surface area contributed by atoms with Crippen LogP contribution >= 0.6 is 0 Å². The zero-order valence-corrected chi connectivity index (χ0v) is 34.3. The van der Waals surface area contributed by atoms with Gasteiger partial charge in [0.05, 0.1) is 22.3 Å². The summed E-state index contributed by atoms with van der Waals surface area (Å²) in [6.07, 6.45) is -18.2. The van der Waals surface area contributed by atoms with Gasteiger partial charge in [0.15, 0.2) is 0 Å². The van der Waals surface area contributed by atoms with E-state index in [4.69, 9.17) is 27.4 Å². The molecule has 2 saturated heterocycles. The van der Waals surface area contributed by atoms with E-state index in [1.54, 1.807) is 30.3 Å². The second-order valence-corrected chi connectivity index (χ2v) is 15.1. The Bertz CT molecular complexity index is 2450. The number of benzene rings is 6. The van der Waals surface area contributed by atoms with Gasteiger partial charge < -0.3 is 27.4 Å². The van der Waals surface area contributed by atoms with Crippen molar-refractivity contribution in [2.24, 2.45) is 0 Å². The first-order chi connectivity index (χ1) is 31.0. The molecule has 0 saturated carbocycles. The van der Waals surface area contributed by atoms with Crippen molar-refractivity contribution >= 4 is 75.5 Å². The van der Waals surface area contributed by atoms with Crippen LogP contribution in [0.25, 0.3) is 0 Å². The molecule has 6 aromatic rings. The van der Waals surface area contributed by atoms with Gasteiger partial charge >= 0.3 is 67.4 Å². The van der Waals surface area contributed by atoms with Gasteiger partial charge in [-0.05, 0) is 46.6 Å². The molecule has 0 bridgehead atoms. The third kappa shape index (κ3) is 12.1. The summed E-state index contributed by atoms with van der Waals surface area (Å²) >= 11 is 0. The molecule has 336 valence electrons. The lowest BCUT2D eigenvalue weighted by atomic mass is 9.61. The molecule has 0 unspecified atom stereocenters. The van der Waals surface area contributed by atoms with Crippen molar-refractivity contribution in [3.8, 4) is 0 Å². The zero-order chi connectivity index (χ0) is 47.6. The highest BCUT2D eigenvalue weighted by Crippen LogP contribution is 2.31. The maximum Gasteiger partial charge on any atom is 0.467 e. The molecule has 2 aliphatic rings. The Hall–Kier alpha value is -5.37. The minimum atomic E-state index is -4.59. The molecule has 0 atom stereocenters. The summed E-state index contributed by atoms with van der Waals surface area (Å²) < 4.78 is 191. The molecule has 0 spiro atoms. The first-order valence-electron chi connectivity index (χ1n) is 19.8. The first-order valence-corrected chi connectivity index (χ1v) is 19.8. The van der Waals surface area contributed by atoms with Crippen LogP contribution in [0.15, 0.2) is 146 Å². The Morgan fingerprint density at radius 3 is 0.848 bits per heavy atom. The van der Waals surface area contributed by atoms with E-state index in [-0.39, 0.29) is 10.9 Å². The van der Waals surface area contributed by atoms with Crippen molar-refractivity contribution in [3.63, 3.8) is 0 Å². The monoisotopic (exact) mass is 924 g/mol. The fourth-order valence-corrected chi connectivity index (χ4v) is 6.73. The Balaban J connectivity index is 0.000000196. The lowest BCUT2D eigenvalue weighted by Gasteiger charge is -2.32. The third-order valence-electron chi connectivity index (χ3n) is 10.1. The fourth-order valence-electron chi connectivity index (χ4n) is 6.73. The van der Waals surface area contributed by atoms with Gasteiger partial charge in [-0.15, -0.1) is 0 Å². The van der Waals surface area contributed by atoms with E-state index < -0.39 is 89.7 Å². The van der Waals surface area contributed by atoms with Crippen LogP contribution in [-0.2, 0) is 52.1 Å². The maximum atomic E-state index is 13.2. The largest absolute Gasteiger partial charge is 0.467 e. The van der Waals surface area contributed by atoms with Gasteiger partial charge in [-0.2, -0.15) is 52.7 Å². The molecular weight excluding hydrogens is 893 g/mol. The summed E-state index contributed by atoms with van der Waals surface area (Å²) in [7, 11) is -6.90. The van der Waals surface area contributed by atoms with E-state index in [2.05, 4.69) is 0 Å². The predicted octanol–water partition coefficient (Wildman–Crippen LogP) is 7.16. The van der Waals surface area contributed by atoms with Gasteiger partial charge in [-0.3, -0.25) is 0 Å². The topological polar surface area (TPSA) is 55.4 Å². The van der Waals surface area contributed by atoms with Gasteiger partial charge in [0.2, 0.25) is 0 Å². The van der Waals surface area contributed by atoms with Crippen LogP contribution in [0.4, 0.5) is 52.7 Å². The van der Waals surface area contributed by atoms with Crippen LogP contribution in [0.2, 0.25) is 0 Å². The van der Waals surface area contributed by atoms with Crippen molar-refractivity contribution in [3.05, 3.63) is 179 Å². The van der Waals surface area contributed by atoms with Gasteiger partial charge in [0.25, 0.3) is 0 Å². The smallest absolute Gasteiger partial charge is 0.445 e. The van der Waals surface area contributed by atoms with Gasteiger partial charge in [0.1, 0.15) is 0 Å². The minimum Gasteiger partial charge on any atom is -0.445 e. The summed E-state index contributed by atoms with van der Waals surface area (Å²) in [6, 6.07) is 31.5. The third-order valence-corrected chi connectivity index (χ3v) is 10.1. The molecular formula is C42H30B6F12O6. The van der Waals surface area contributed by atoms with Gasteiger partial charge in [0, 0.05) is 0 Å². The molecule has 2 heterocycles. The molecule has 0 N–H and O–H groups in total. The lowest BCUT2D eigenvalue weighted by Crippen LogP contribution is -2.61. The number of halogens is 12. The Morgan fingerprint density at radius 1 is 0.273 bits per heavy atom. The second-order valence-electron chi connectivity index (χ2n) is 15.1. The summed E-state index contributed by atoms with van der Waals surface area (Å²) in [5.41, 5.74) is 0.307. The highest BCUT2D eigenvalue weighted by molar-refractivity contribution is 6.88. The highest BCUT2D eigenvalue weighted by Gasteiger charge is 2.46. The molecule has 2 aliphatic heterocycles. The molecule has 0 aromatic heterocycles. The van der Waals surface area contributed by atoms with E-state index in [0.717, 1.165) is 59.7 Å². The first kappa shape index (κ1) is 48.6. The highest BCUT2D eigenvalue weighted by atomic mass is 19.4. The summed E-state index contributed by atoms with van der Waals surface area (Å²) in [4.78, 5) is 0. The average Bonchev–Trinajstić information content (AvgIpc) is 3.28. The van der Waals surface area contributed by atoms with Crippen molar-refractivity contribution in [1.29, 1.82) is 0 Å². The second kappa shape index (κ2) is 19.5. The number of alkyl halides is 12. The van der Waals surface area contributed by atoms with Crippen molar-refractivity contribution in [1.82, 2.24) is 0 Å². The fraction of sp³-hybridized carbons (Fsp3) is 0.143. The summed E-state index contributed by atoms with van der Waals surface area (Å²) in [5, 5.41) is 0. The Kier molecular flexibility index (Phi) is 14.3. The number of hydrogen-bond acceptors (Lipinski definition) is 6. The molecule has 8 rings (SSSR count). The van der Waals surface area contributed by atoms with E-state index in [1.807, 2.05) is 32.0 Å². The summed E-state index contributed by atoms with van der Waals surface area (Å²) in [5.74, 6) is 0. The van der Waals surface area contributed by atoms with Gasteiger partial charge in [-0.1, -0.05) is 157 Å². The normalized spacial score (nSPS) is 15.2. The van der Waals surface area contributed by atoms with E-state index >= 15 is 0 Å². The van der Waals surface area contributed by atoms with Crippen LogP contribution in [0.5, 0.6) is 0 Å². The standard InChI is InChI=1S/2C21H15B3F6O3/c1-14-2-8-17(9-3-14)22-31-23(18-10-4-15(5-11-18)20(25,26)27)33-24(32-22)19-12-6-16(7-13-19)21(28,29)30;1-14-5-2-8-17(11-14)22-31-23(18-9-3-6-15(12-18)20(25,26)27)33-24(32-22)19-10-4-7-16(13-19)21(28,29)30/h2*2-13H,1H3. The minimum absolute atomic E-state index is 0.0581. The number of rotatable bonds is 6. The number of hydrogen-bond donors (Lipinski definition) is 0. The van der Waals surface area contributed by atoms with Gasteiger partial charge in [-0.25, -0.2) is 0 Å². The van der Waals surface area contributed by atoms with Crippen LogP contribution in [-0.4, -0.2) is 42.7 Å². The predicted molar refractivity (Wildman–Crippen MR) is 227 cm³/mol. The molecule has 0 radical (unpaired) electrons.